The van der Waals surface area contributed by atoms with E-state index in [1.165, 1.54) is 0 Å². The first-order chi connectivity index (χ1) is 7.63. The molecule has 1 aromatic carbocycles. The molecule has 0 spiro atoms. The molecule has 0 bridgehead atoms. The monoisotopic (exact) mass is 238 g/mol. The molecule has 1 aromatic rings. The number of ether oxygens (including phenoxy) is 1. The summed E-state index contributed by atoms with van der Waals surface area (Å²) in [6.45, 7) is 4.54. The van der Waals surface area contributed by atoms with Gasteiger partial charge in [-0.05, 0) is 25.5 Å². The summed E-state index contributed by atoms with van der Waals surface area (Å²) in [5.41, 5.74) is 0.781. The molecule has 1 unspecified atom stereocenters. The molecule has 1 rings (SSSR count). The third kappa shape index (κ3) is 4.37. The van der Waals surface area contributed by atoms with Crippen LogP contribution >= 0.6 is 11.8 Å². The SMILES string of the molecule is COCCC(C)Sc1cccc(C(C)=O)c1. The van der Waals surface area contributed by atoms with Crippen molar-refractivity contribution in [2.75, 3.05) is 13.7 Å². The standard InChI is InChI=1S/C13H18O2S/c1-10(7-8-15-3)16-13-6-4-5-12(9-13)11(2)14/h4-6,9-10H,7-8H2,1-3H3. The van der Waals surface area contributed by atoms with Crippen LogP contribution in [0.4, 0.5) is 0 Å². The number of rotatable bonds is 6. The zero-order chi connectivity index (χ0) is 12.0. The van der Waals surface area contributed by atoms with Gasteiger partial charge in [0.05, 0.1) is 0 Å². The molecule has 0 aromatic heterocycles. The molecule has 0 radical (unpaired) electrons. The van der Waals surface area contributed by atoms with Crippen molar-refractivity contribution in [2.45, 2.75) is 30.4 Å². The lowest BCUT2D eigenvalue weighted by Crippen LogP contribution is -2.01. The van der Waals surface area contributed by atoms with E-state index in [-0.39, 0.29) is 5.78 Å². The molecule has 0 saturated carbocycles. The highest BCUT2D eigenvalue weighted by Crippen LogP contribution is 2.25. The molecule has 0 aliphatic carbocycles. The van der Waals surface area contributed by atoms with Crippen molar-refractivity contribution >= 4 is 17.5 Å². The van der Waals surface area contributed by atoms with Gasteiger partial charge in [-0.25, -0.2) is 0 Å². The minimum absolute atomic E-state index is 0.118. The number of thioether (sulfide) groups is 1. The molecule has 3 heteroatoms. The molecule has 0 heterocycles. The molecule has 16 heavy (non-hydrogen) atoms. The second kappa shape index (κ2) is 6.71. The van der Waals surface area contributed by atoms with Gasteiger partial charge in [-0.2, -0.15) is 0 Å². The first-order valence-corrected chi connectivity index (χ1v) is 6.28. The molecule has 0 aliphatic rings. The Kier molecular flexibility index (Phi) is 5.56. The van der Waals surface area contributed by atoms with Crippen LogP contribution in [0.25, 0.3) is 0 Å². The number of methoxy groups -OCH3 is 1. The van der Waals surface area contributed by atoms with Crippen molar-refractivity contribution in [1.82, 2.24) is 0 Å². The highest BCUT2D eigenvalue weighted by Gasteiger charge is 2.06. The fourth-order valence-electron chi connectivity index (χ4n) is 1.36. The van der Waals surface area contributed by atoms with Crippen LogP contribution in [-0.4, -0.2) is 24.7 Å². The summed E-state index contributed by atoms with van der Waals surface area (Å²) in [7, 11) is 1.72. The summed E-state index contributed by atoms with van der Waals surface area (Å²) < 4.78 is 5.04. The number of benzene rings is 1. The maximum Gasteiger partial charge on any atom is 0.159 e. The summed E-state index contributed by atoms with van der Waals surface area (Å²) in [6, 6.07) is 7.78. The third-order valence-electron chi connectivity index (χ3n) is 2.31. The van der Waals surface area contributed by atoms with E-state index < -0.39 is 0 Å². The Bertz CT molecular complexity index is 350. The Morgan fingerprint density at radius 3 is 2.88 bits per heavy atom. The number of Topliss-reactive ketones (excluding diaryl/α,β-unsaturated/α-hetero) is 1. The minimum Gasteiger partial charge on any atom is -0.385 e. The van der Waals surface area contributed by atoms with Crippen molar-refractivity contribution < 1.29 is 9.53 Å². The Balaban J connectivity index is 2.59. The topological polar surface area (TPSA) is 26.3 Å². The van der Waals surface area contributed by atoms with Crippen LogP contribution < -0.4 is 0 Å². The first kappa shape index (κ1) is 13.3. The Morgan fingerprint density at radius 1 is 1.50 bits per heavy atom. The number of hydrogen-bond donors (Lipinski definition) is 0. The van der Waals surface area contributed by atoms with Gasteiger partial charge in [-0.3, -0.25) is 4.79 Å². The number of hydrogen-bond acceptors (Lipinski definition) is 3. The molecule has 0 amide bonds. The molecule has 0 N–H and O–H groups in total. The normalized spacial score (nSPS) is 12.4. The quantitative estimate of drug-likeness (QED) is 0.561. The van der Waals surface area contributed by atoms with Crippen LogP contribution in [0.5, 0.6) is 0 Å². The molecular formula is C13H18O2S. The summed E-state index contributed by atoms with van der Waals surface area (Å²) in [4.78, 5) is 12.4. The average molecular weight is 238 g/mol. The van der Waals surface area contributed by atoms with Gasteiger partial charge < -0.3 is 4.74 Å². The van der Waals surface area contributed by atoms with Crippen molar-refractivity contribution in [2.24, 2.45) is 0 Å². The summed E-state index contributed by atoms with van der Waals surface area (Å²) in [6.07, 6.45) is 1.02. The highest BCUT2D eigenvalue weighted by atomic mass is 32.2. The molecule has 0 aliphatic heterocycles. The molecular weight excluding hydrogens is 220 g/mol. The lowest BCUT2D eigenvalue weighted by molar-refractivity contribution is 0.101. The van der Waals surface area contributed by atoms with Crippen LogP contribution in [0.2, 0.25) is 0 Å². The van der Waals surface area contributed by atoms with E-state index in [0.29, 0.717) is 5.25 Å². The van der Waals surface area contributed by atoms with Crippen molar-refractivity contribution in [3.63, 3.8) is 0 Å². The number of carbonyl (C=O) groups is 1. The number of ketones is 1. The van der Waals surface area contributed by atoms with Gasteiger partial charge in [-0.15, -0.1) is 11.8 Å². The predicted molar refractivity (Wildman–Crippen MR) is 68.3 cm³/mol. The summed E-state index contributed by atoms with van der Waals surface area (Å²) in [5.74, 6) is 0.118. The van der Waals surface area contributed by atoms with Crippen molar-refractivity contribution in [3.05, 3.63) is 29.8 Å². The van der Waals surface area contributed by atoms with Gasteiger partial charge >= 0.3 is 0 Å². The van der Waals surface area contributed by atoms with Crippen molar-refractivity contribution in [3.8, 4) is 0 Å². The van der Waals surface area contributed by atoms with Gasteiger partial charge in [0.1, 0.15) is 0 Å². The second-order valence-electron chi connectivity index (χ2n) is 3.79. The number of carbonyl (C=O) groups excluding carboxylic acids is 1. The van der Waals surface area contributed by atoms with Gasteiger partial charge in [0.2, 0.25) is 0 Å². The maximum absolute atomic E-state index is 11.2. The minimum atomic E-state index is 0.118. The second-order valence-corrected chi connectivity index (χ2v) is 5.31. The van der Waals surface area contributed by atoms with Crippen LogP contribution in [0, 0.1) is 0 Å². The molecule has 1 atom stereocenters. The molecule has 88 valence electrons. The highest BCUT2D eigenvalue weighted by molar-refractivity contribution is 7.99. The van der Waals surface area contributed by atoms with Crippen LogP contribution in [0.15, 0.2) is 29.2 Å². The Morgan fingerprint density at radius 2 is 2.25 bits per heavy atom. The van der Waals surface area contributed by atoms with Crippen LogP contribution in [0.1, 0.15) is 30.6 Å². The van der Waals surface area contributed by atoms with E-state index in [9.17, 15) is 4.79 Å². The van der Waals surface area contributed by atoms with E-state index in [1.807, 2.05) is 24.3 Å². The zero-order valence-electron chi connectivity index (χ0n) is 10.0. The smallest absolute Gasteiger partial charge is 0.159 e. The van der Waals surface area contributed by atoms with Gasteiger partial charge in [0, 0.05) is 29.4 Å². The van der Waals surface area contributed by atoms with E-state index in [2.05, 4.69) is 6.92 Å². The third-order valence-corrected chi connectivity index (χ3v) is 3.47. The fraction of sp³-hybridized carbons (Fsp3) is 0.462. The lowest BCUT2D eigenvalue weighted by Gasteiger charge is -2.10. The largest absolute Gasteiger partial charge is 0.385 e. The van der Waals surface area contributed by atoms with E-state index in [1.54, 1.807) is 25.8 Å². The van der Waals surface area contributed by atoms with Crippen molar-refractivity contribution in [1.29, 1.82) is 0 Å². The summed E-state index contributed by atoms with van der Waals surface area (Å²) in [5, 5.41) is 0.502. The Hall–Kier alpha value is -0.800. The maximum atomic E-state index is 11.2. The zero-order valence-corrected chi connectivity index (χ0v) is 10.8. The Labute approximate surface area is 101 Å². The van der Waals surface area contributed by atoms with Gasteiger partial charge in [0.15, 0.2) is 5.78 Å². The molecule has 2 nitrogen and oxygen atoms in total. The first-order valence-electron chi connectivity index (χ1n) is 5.40. The van der Waals surface area contributed by atoms with Crippen LogP contribution in [0.3, 0.4) is 0 Å². The van der Waals surface area contributed by atoms with E-state index >= 15 is 0 Å². The lowest BCUT2D eigenvalue weighted by atomic mass is 10.2. The molecule has 0 saturated heterocycles. The fourth-order valence-corrected chi connectivity index (χ4v) is 2.39. The van der Waals surface area contributed by atoms with E-state index in [0.717, 1.165) is 23.5 Å². The molecule has 0 fully saturated rings. The van der Waals surface area contributed by atoms with Gasteiger partial charge in [-0.1, -0.05) is 19.1 Å². The van der Waals surface area contributed by atoms with Gasteiger partial charge in [0.25, 0.3) is 0 Å². The van der Waals surface area contributed by atoms with E-state index in [4.69, 9.17) is 4.74 Å². The predicted octanol–water partition coefficient (Wildman–Crippen LogP) is 3.41. The average Bonchev–Trinajstić information content (AvgIpc) is 2.26. The van der Waals surface area contributed by atoms with Crippen LogP contribution in [-0.2, 0) is 4.74 Å². The summed E-state index contributed by atoms with van der Waals surface area (Å²) >= 11 is 1.78.